The molecule has 17 heavy (non-hydrogen) atoms. The first-order valence-corrected chi connectivity index (χ1v) is 5.09. The van der Waals surface area contributed by atoms with Gasteiger partial charge in [0.05, 0.1) is 0 Å². The Kier molecular flexibility index (Phi) is 4.65. The van der Waals surface area contributed by atoms with Crippen LogP contribution in [0.3, 0.4) is 0 Å². The molecule has 1 aromatic rings. The Bertz CT molecular complexity index is 478. The second kappa shape index (κ2) is 6.24. The lowest BCUT2D eigenvalue weighted by Gasteiger charge is -1.99. The van der Waals surface area contributed by atoms with E-state index in [1.54, 1.807) is 18.2 Å². The topological polar surface area (TPSA) is 72.2 Å². The van der Waals surface area contributed by atoms with E-state index in [1.165, 1.54) is 12.1 Å². The number of benzene rings is 1. The number of hydrogen-bond acceptors (Lipinski definition) is 3. The van der Waals surface area contributed by atoms with E-state index in [4.69, 9.17) is 10.7 Å². The number of nitrogens with zero attached hydrogens (tertiary/aromatic N) is 3. The Hall–Kier alpha value is -2.40. The molecule has 86 valence electrons. The number of hydrogen-bond donors (Lipinski definition) is 1. The van der Waals surface area contributed by atoms with E-state index in [-0.39, 0.29) is 23.7 Å². The number of aliphatic hydroxyl groups is 1. The zero-order valence-corrected chi connectivity index (χ0v) is 9.10. The average Bonchev–Trinajstić information content (AvgIpc) is 2.33. The number of nitriles is 1. The molecule has 0 heterocycles. The molecule has 0 saturated carbocycles. The molecular weight excluding hydrogens is 221 g/mol. The standard InChI is InChI=1S/C12H10FN3O/c13-10-6-4-9(5-7-10)2-1-3-12(17)11(8-14)16-15/h4-7H,1-3H2/p+1/b12-11-. The molecule has 0 bridgehead atoms. The molecule has 1 aromatic carbocycles. The lowest BCUT2D eigenvalue weighted by molar-refractivity contribution is 0.380. The SMILES string of the molecule is N#C/C([N+]#N)=C(/O)CCCc1ccc(F)cc1. The van der Waals surface area contributed by atoms with Gasteiger partial charge in [-0.05, 0) is 30.5 Å². The molecule has 0 amide bonds. The van der Waals surface area contributed by atoms with E-state index in [1.807, 2.05) is 0 Å². The first kappa shape index (κ1) is 12.7. The third-order valence-corrected chi connectivity index (χ3v) is 2.27. The highest BCUT2D eigenvalue weighted by atomic mass is 19.1. The number of rotatable bonds is 4. The highest BCUT2D eigenvalue weighted by Crippen LogP contribution is 2.12. The van der Waals surface area contributed by atoms with Crippen LogP contribution in [0.4, 0.5) is 4.39 Å². The number of aliphatic hydroxyl groups excluding tert-OH is 1. The molecule has 0 aliphatic heterocycles. The fourth-order valence-corrected chi connectivity index (χ4v) is 1.37. The molecule has 0 aromatic heterocycles. The predicted molar refractivity (Wildman–Crippen MR) is 59.7 cm³/mol. The van der Waals surface area contributed by atoms with Crippen LogP contribution in [0, 0.1) is 22.5 Å². The van der Waals surface area contributed by atoms with Crippen LogP contribution in [0.5, 0.6) is 0 Å². The molecule has 0 saturated heterocycles. The summed E-state index contributed by atoms with van der Waals surface area (Å²) in [4.78, 5) is 2.66. The van der Waals surface area contributed by atoms with Crippen molar-refractivity contribution in [2.75, 3.05) is 0 Å². The van der Waals surface area contributed by atoms with E-state index in [0.717, 1.165) is 5.56 Å². The van der Waals surface area contributed by atoms with Gasteiger partial charge in [-0.1, -0.05) is 12.1 Å². The number of aryl methyl sites for hydroxylation is 1. The first-order valence-electron chi connectivity index (χ1n) is 5.09. The Morgan fingerprint density at radius 2 is 2.00 bits per heavy atom. The number of allylic oxidation sites excluding steroid dienone is 2. The van der Waals surface area contributed by atoms with Crippen LogP contribution in [0.2, 0.25) is 0 Å². The summed E-state index contributed by atoms with van der Waals surface area (Å²) in [5.74, 6) is -0.528. The lowest BCUT2D eigenvalue weighted by atomic mass is 10.1. The maximum atomic E-state index is 12.6. The smallest absolute Gasteiger partial charge is 0.497 e. The summed E-state index contributed by atoms with van der Waals surface area (Å²) in [6.45, 7) is 0. The molecule has 0 aliphatic carbocycles. The normalized spacial score (nSPS) is 11.2. The highest BCUT2D eigenvalue weighted by molar-refractivity contribution is 5.28. The summed E-state index contributed by atoms with van der Waals surface area (Å²) in [5.41, 5.74) is 0.572. The molecule has 4 nitrogen and oxygen atoms in total. The van der Waals surface area contributed by atoms with Crippen LogP contribution in [-0.4, -0.2) is 5.11 Å². The largest absolute Gasteiger partial charge is 0.504 e. The average molecular weight is 232 g/mol. The van der Waals surface area contributed by atoms with E-state index in [2.05, 4.69) is 4.98 Å². The van der Waals surface area contributed by atoms with Crippen molar-refractivity contribution < 1.29 is 9.50 Å². The molecule has 0 radical (unpaired) electrons. The van der Waals surface area contributed by atoms with Gasteiger partial charge in [-0.2, -0.15) is 5.26 Å². The lowest BCUT2D eigenvalue weighted by Crippen LogP contribution is -1.90. The van der Waals surface area contributed by atoms with Crippen molar-refractivity contribution in [3.63, 3.8) is 0 Å². The van der Waals surface area contributed by atoms with Crippen molar-refractivity contribution in [3.8, 4) is 6.07 Å². The molecule has 5 heteroatoms. The van der Waals surface area contributed by atoms with E-state index in [0.29, 0.717) is 12.8 Å². The summed E-state index contributed by atoms with van der Waals surface area (Å²) in [7, 11) is 0. The van der Waals surface area contributed by atoms with E-state index < -0.39 is 0 Å². The summed E-state index contributed by atoms with van der Waals surface area (Å²) in [6, 6.07) is 7.64. The van der Waals surface area contributed by atoms with Gasteiger partial charge in [0, 0.05) is 6.42 Å². The molecule has 0 unspecified atom stereocenters. The Labute approximate surface area is 98.2 Å². The third-order valence-electron chi connectivity index (χ3n) is 2.27. The Morgan fingerprint density at radius 1 is 1.35 bits per heavy atom. The van der Waals surface area contributed by atoms with Gasteiger partial charge in [-0.3, -0.25) is 0 Å². The van der Waals surface area contributed by atoms with Crippen molar-refractivity contribution in [2.45, 2.75) is 19.3 Å². The quantitative estimate of drug-likeness (QED) is 0.491. The molecule has 0 atom stereocenters. The van der Waals surface area contributed by atoms with Crippen LogP contribution in [0.25, 0.3) is 4.98 Å². The molecule has 0 aliphatic rings. The van der Waals surface area contributed by atoms with Gasteiger partial charge in [0.2, 0.25) is 11.2 Å². The molecule has 0 fully saturated rings. The van der Waals surface area contributed by atoms with Crippen molar-refractivity contribution >= 4 is 0 Å². The second-order valence-electron chi connectivity index (χ2n) is 3.49. The maximum absolute atomic E-state index is 12.6. The van der Waals surface area contributed by atoms with Crippen molar-refractivity contribution in [3.05, 3.63) is 52.1 Å². The molecule has 0 spiro atoms. The van der Waals surface area contributed by atoms with Crippen LogP contribution in [0.15, 0.2) is 35.7 Å². The first-order chi connectivity index (χ1) is 8.17. The zero-order valence-electron chi connectivity index (χ0n) is 9.10. The maximum Gasteiger partial charge on any atom is 0.497 e. The fourth-order valence-electron chi connectivity index (χ4n) is 1.37. The Balaban J connectivity index is 2.49. The fraction of sp³-hybridized carbons (Fsp3) is 0.250. The van der Waals surface area contributed by atoms with Gasteiger partial charge in [-0.25, -0.2) is 4.39 Å². The summed E-state index contributed by atoms with van der Waals surface area (Å²) in [5, 5.41) is 26.2. The summed E-state index contributed by atoms with van der Waals surface area (Å²) >= 11 is 0. The van der Waals surface area contributed by atoms with E-state index >= 15 is 0 Å². The van der Waals surface area contributed by atoms with E-state index in [9.17, 15) is 9.50 Å². The van der Waals surface area contributed by atoms with Gasteiger partial charge in [0.25, 0.3) is 0 Å². The molecule has 1 N–H and O–H groups in total. The van der Waals surface area contributed by atoms with Crippen LogP contribution in [0.1, 0.15) is 18.4 Å². The minimum Gasteiger partial charge on any atom is -0.504 e. The summed E-state index contributed by atoms with van der Waals surface area (Å²) in [6.07, 6.45) is 1.47. The number of diazo groups is 1. The molecule has 1 rings (SSSR count). The number of halogens is 1. The highest BCUT2D eigenvalue weighted by Gasteiger charge is 2.16. The minimum absolute atomic E-state index is 0.239. The van der Waals surface area contributed by atoms with Crippen LogP contribution in [-0.2, 0) is 6.42 Å². The predicted octanol–water partition coefficient (Wildman–Crippen LogP) is 3.29. The molecular formula is C12H11FN3O+. The third kappa shape index (κ3) is 3.92. The second-order valence-corrected chi connectivity index (χ2v) is 3.49. The van der Waals surface area contributed by atoms with Gasteiger partial charge in [0.15, 0.2) is 11.0 Å². The van der Waals surface area contributed by atoms with Gasteiger partial charge in [0.1, 0.15) is 5.82 Å². The minimum atomic E-state index is -0.371. The van der Waals surface area contributed by atoms with Gasteiger partial charge < -0.3 is 5.11 Å². The van der Waals surface area contributed by atoms with Crippen molar-refractivity contribution in [1.82, 2.24) is 0 Å². The van der Waals surface area contributed by atoms with Gasteiger partial charge in [-0.15, -0.1) is 0 Å². The Morgan fingerprint density at radius 3 is 2.53 bits per heavy atom. The van der Waals surface area contributed by atoms with Gasteiger partial charge >= 0.3 is 5.70 Å². The van der Waals surface area contributed by atoms with Crippen molar-refractivity contribution in [2.24, 2.45) is 0 Å². The van der Waals surface area contributed by atoms with Crippen LogP contribution >= 0.6 is 0 Å². The summed E-state index contributed by atoms with van der Waals surface area (Å²) < 4.78 is 12.6. The zero-order chi connectivity index (χ0) is 12.7. The monoisotopic (exact) mass is 232 g/mol. The van der Waals surface area contributed by atoms with Crippen molar-refractivity contribution in [1.29, 1.82) is 10.7 Å². The van der Waals surface area contributed by atoms with Crippen LogP contribution < -0.4 is 0 Å².